The van der Waals surface area contributed by atoms with Crippen LogP contribution in [-0.4, -0.2) is 18.4 Å². The lowest BCUT2D eigenvalue weighted by molar-refractivity contribution is -0.173. The minimum absolute atomic E-state index is 0.392. The van der Waals surface area contributed by atoms with Crippen molar-refractivity contribution in [2.45, 2.75) is 6.18 Å². The maximum atomic E-state index is 13.3. The quantitative estimate of drug-likeness (QED) is 0.878. The number of carbonyl (C=O) groups excluding carboxylic acids is 1. The van der Waals surface area contributed by atoms with Gasteiger partial charge < -0.3 is 9.88 Å². The lowest BCUT2D eigenvalue weighted by Crippen LogP contribution is -2.39. The first kappa shape index (κ1) is 16.3. The first-order valence-corrected chi connectivity index (χ1v) is 8.28. The Kier molecular flexibility index (Phi) is 4.71. The van der Waals surface area contributed by atoms with Gasteiger partial charge in [-0.25, -0.2) is 0 Å². The van der Waals surface area contributed by atoms with E-state index in [1.165, 1.54) is 0 Å². The van der Waals surface area contributed by atoms with Gasteiger partial charge in [0, 0.05) is 10.6 Å². The average Bonchev–Trinajstić information content (AvgIpc) is 2.53. The highest BCUT2D eigenvalue weighted by atomic mass is 31.2. The summed E-state index contributed by atoms with van der Waals surface area (Å²) < 4.78 is 50.2. The van der Waals surface area contributed by atoms with Crippen molar-refractivity contribution in [2.75, 3.05) is 6.29 Å². The van der Waals surface area contributed by atoms with Gasteiger partial charge in [-0.05, 0) is 0 Å². The molecule has 1 N–H and O–H groups in total. The summed E-state index contributed by atoms with van der Waals surface area (Å²) in [6.07, 6.45) is -5.59. The molecule has 3 nitrogen and oxygen atoms in total. The Balaban J connectivity index is 2.36. The van der Waals surface area contributed by atoms with E-state index in [0.29, 0.717) is 10.6 Å². The Morgan fingerprint density at radius 3 is 1.68 bits per heavy atom. The molecule has 7 heteroatoms. The summed E-state index contributed by atoms with van der Waals surface area (Å²) in [4.78, 5) is 11.0. The molecule has 0 atom stereocenters. The third kappa shape index (κ3) is 3.57. The normalized spacial score (nSPS) is 12.0. The first-order chi connectivity index (χ1) is 10.3. The molecule has 2 aromatic carbocycles. The molecule has 0 aliphatic heterocycles. The molecule has 2 aromatic rings. The molecule has 0 fully saturated rings. The molecule has 116 valence electrons. The fraction of sp³-hybridized carbons (Fsp3) is 0.133. The molecule has 22 heavy (non-hydrogen) atoms. The summed E-state index contributed by atoms with van der Waals surface area (Å²) in [6.45, 7) is 0. The van der Waals surface area contributed by atoms with E-state index in [9.17, 15) is 22.5 Å². The van der Waals surface area contributed by atoms with Crippen molar-refractivity contribution in [3.05, 3.63) is 60.7 Å². The van der Waals surface area contributed by atoms with Gasteiger partial charge in [0.15, 0.2) is 7.14 Å². The Morgan fingerprint density at radius 1 is 0.909 bits per heavy atom. The second-order valence-electron chi connectivity index (χ2n) is 4.57. The highest BCUT2D eigenvalue weighted by molar-refractivity contribution is 7.78. The molecule has 0 bridgehead atoms. The zero-order chi connectivity index (χ0) is 16.2. The third-order valence-corrected chi connectivity index (χ3v) is 5.93. The zero-order valence-corrected chi connectivity index (χ0v) is 12.3. The second kappa shape index (κ2) is 6.36. The van der Waals surface area contributed by atoms with E-state index in [4.69, 9.17) is 0 Å². The molecule has 0 aromatic heterocycles. The van der Waals surface area contributed by atoms with Gasteiger partial charge in [0.05, 0.1) is 6.29 Å². The molecular weight excluding hydrogens is 314 g/mol. The third-order valence-electron chi connectivity index (χ3n) is 3.07. The predicted molar refractivity (Wildman–Crippen MR) is 78.8 cm³/mol. The van der Waals surface area contributed by atoms with E-state index in [0.717, 1.165) is 0 Å². The van der Waals surface area contributed by atoms with Gasteiger partial charge in [-0.1, -0.05) is 60.7 Å². The number of carbonyl (C=O) groups is 1. The fourth-order valence-electron chi connectivity index (χ4n) is 1.95. The van der Waals surface area contributed by atoms with Crippen molar-refractivity contribution in [1.82, 2.24) is 5.32 Å². The molecule has 0 unspecified atom stereocenters. The van der Waals surface area contributed by atoms with Crippen molar-refractivity contribution in [3.63, 3.8) is 0 Å². The smallest absolute Gasteiger partial charge is 0.341 e. The summed E-state index contributed by atoms with van der Waals surface area (Å²) in [7, 11) is -3.38. The number of hydrogen-bond donors (Lipinski definition) is 1. The van der Waals surface area contributed by atoms with Crippen LogP contribution in [0.15, 0.2) is 60.7 Å². The van der Waals surface area contributed by atoms with Crippen LogP contribution in [0.4, 0.5) is 13.2 Å². The molecule has 0 aliphatic rings. The molecular formula is C15H13F3NO2P. The van der Waals surface area contributed by atoms with Gasteiger partial charge in [0.25, 0.3) is 0 Å². The summed E-state index contributed by atoms with van der Waals surface area (Å²) in [5, 5.41) is 2.52. The average molecular weight is 327 g/mol. The number of amides is 1. The van der Waals surface area contributed by atoms with Crippen LogP contribution in [0.3, 0.4) is 0 Å². The number of rotatable bonds is 4. The maximum Gasteiger partial charge on any atom is 0.471 e. The topological polar surface area (TPSA) is 46.2 Å². The molecule has 0 aliphatic carbocycles. The van der Waals surface area contributed by atoms with Crippen LogP contribution in [-0.2, 0) is 9.36 Å². The van der Waals surface area contributed by atoms with E-state index < -0.39 is 25.5 Å². The van der Waals surface area contributed by atoms with Gasteiger partial charge in [-0.3, -0.25) is 4.79 Å². The predicted octanol–water partition coefficient (Wildman–Crippen LogP) is 2.64. The Bertz CT molecular complexity index is 643. The van der Waals surface area contributed by atoms with E-state index in [1.54, 1.807) is 66.0 Å². The highest BCUT2D eigenvalue weighted by Crippen LogP contribution is 2.42. The molecule has 0 heterocycles. The largest absolute Gasteiger partial charge is 0.471 e. The van der Waals surface area contributed by atoms with Crippen LogP contribution in [0, 0.1) is 0 Å². The highest BCUT2D eigenvalue weighted by Gasteiger charge is 2.40. The second-order valence-corrected chi connectivity index (χ2v) is 7.40. The van der Waals surface area contributed by atoms with Gasteiger partial charge in [-0.2, -0.15) is 13.2 Å². The van der Waals surface area contributed by atoms with Crippen molar-refractivity contribution < 1.29 is 22.5 Å². The van der Waals surface area contributed by atoms with E-state index in [2.05, 4.69) is 0 Å². The molecule has 0 radical (unpaired) electrons. The molecule has 0 saturated carbocycles. The van der Waals surface area contributed by atoms with Gasteiger partial charge in [0.1, 0.15) is 0 Å². The maximum absolute atomic E-state index is 13.3. The Labute approximate surface area is 125 Å². The summed E-state index contributed by atoms with van der Waals surface area (Å²) in [5.41, 5.74) is 0. The van der Waals surface area contributed by atoms with Crippen LogP contribution in [0.5, 0.6) is 0 Å². The SMILES string of the molecule is O=C(NCP(=O)(c1ccccc1)c1ccccc1)C(F)(F)F. The van der Waals surface area contributed by atoms with Crippen molar-refractivity contribution in [2.24, 2.45) is 0 Å². The summed E-state index contributed by atoms with van der Waals surface area (Å²) >= 11 is 0. The van der Waals surface area contributed by atoms with Crippen molar-refractivity contribution in [1.29, 1.82) is 0 Å². The van der Waals surface area contributed by atoms with Crippen LogP contribution in [0.1, 0.15) is 0 Å². The summed E-state index contributed by atoms with van der Waals surface area (Å²) in [6, 6.07) is 16.3. The van der Waals surface area contributed by atoms with Gasteiger partial charge in [-0.15, -0.1) is 0 Å². The van der Waals surface area contributed by atoms with E-state index >= 15 is 0 Å². The van der Waals surface area contributed by atoms with Gasteiger partial charge >= 0.3 is 12.1 Å². The van der Waals surface area contributed by atoms with Crippen LogP contribution in [0.2, 0.25) is 0 Å². The number of benzene rings is 2. The monoisotopic (exact) mass is 327 g/mol. The minimum atomic E-state index is -5.00. The van der Waals surface area contributed by atoms with Crippen LogP contribution in [0.25, 0.3) is 0 Å². The zero-order valence-electron chi connectivity index (χ0n) is 11.4. The van der Waals surface area contributed by atoms with Crippen molar-refractivity contribution >= 4 is 23.7 Å². The van der Waals surface area contributed by atoms with Crippen LogP contribution >= 0.6 is 7.14 Å². The number of halogens is 3. The lowest BCUT2D eigenvalue weighted by atomic mass is 10.4. The van der Waals surface area contributed by atoms with Gasteiger partial charge in [0.2, 0.25) is 0 Å². The molecule has 0 saturated heterocycles. The minimum Gasteiger partial charge on any atom is -0.341 e. The number of alkyl halides is 3. The van der Waals surface area contributed by atoms with E-state index in [1.807, 2.05) is 0 Å². The molecule has 2 rings (SSSR count). The molecule has 0 spiro atoms. The fourth-order valence-corrected chi connectivity index (χ4v) is 4.29. The summed E-state index contributed by atoms with van der Waals surface area (Å²) in [5.74, 6) is -2.10. The number of hydrogen-bond acceptors (Lipinski definition) is 2. The standard InChI is InChI=1S/C15H13F3NO2P/c16-15(17,18)14(20)19-11-22(21,12-7-3-1-4-8-12)13-9-5-2-6-10-13/h1-10H,11H2,(H,19,20). The molecule has 1 amide bonds. The Hall–Kier alpha value is -2.07. The lowest BCUT2D eigenvalue weighted by Gasteiger charge is -2.20. The number of nitrogens with one attached hydrogen (secondary N) is 1. The Morgan fingerprint density at radius 2 is 1.32 bits per heavy atom. The van der Waals surface area contributed by atoms with Crippen LogP contribution < -0.4 is 15.9 Å². The first-order valence-electron chi connectivity index (χ1n) is 6.39. The van der Waals surface area contributed by atoms with E-state index in [-0.39, 0.29) is 0 Å². The van der Waals surface area contributed by atoms with Crippen molar-refractivity contribution in [3.8, 4) is 0 Å².